The van der Waals surface area contributed by atoms with Crippen LogP contribution in [0.3, 0.4) is 0 Å². The van der Waals surface area contributed by atoms with E-state index in [1.165, 1.54) is 12.8 Å². The fourth-order valence-corrected chi connectivity index (χ4v) is 3.07. The van der Waals surface area contributed by atoms with Crippen molar-refractivity contribution in [3.05, 3.63) is 28.6 Å². The third kappa shape index (κ3) is 2.02. The summed E-state index contributed by atoms with van der Waals surface area (Å²) in [4.78, 5) is 4.58. The Morgan fingerprint density at radius 3 is 2.89 bits per heavy atom. The van der Waals surface area contributed by atoms with Gasteiger partial charge in [-0.1, -0.05) is 24.4 Å². The van der Waals surface area contributed by atoms with E-state index in [1.54, 1.807) is 0 Å². The number of aromatic nitrogens is 1. The van der Waals surface area contributed by atoms with Crippen molar-refractivity contribution in [3.8, 4) is 0 Å². The normalized spacial score (nSPS) is 24.6. The molecule has 96 valence electrons. The van der Waals surface area contributed by atoms with E-state index in [-0.39, 0.29) is 12.0 Å². The molecule has 1 aromatic carbocycles. The highest BCUT2D eigenvalue weighted by atomic mass is 35.5. The minimum atomic E-state index is 0.169. The lowest BCUT2D eigenvalue weighted by Crippen LogP contribution is -2.31. The molecule has 2 N–H and O–H groups in total. The highest BCUT2D eigenvalue weighted by Crippen LogP contribution is 2.34. The Morgan fingerprint density at radius 2 is 2.11 bits per heavy atom. The highest BCUT2D eigenvalue weighted by molar-refractivity contribution is 6.31. The maximum atomic E-state index is 6.17. The van der Waals surface area contributed by atoms with Crippen molar-refractivity contribution in [2.45, 2.75) is 44.6 Å². The van der Waals surface area contributed by atoms with E-state index in [1.807, 2.05) is 19.1 Å². The maximum absolute atomic E-state index is 6.17. The summed E-state index contributed by atoms with van der Waals surface area (Å²) < 4.78 is 5.91. The first kappa shape index (κ1) is 12.0. The van der Waals surface area contributed by atoms with Gasteiger partial charge in [-0.3, -0.25) is 0 Å². The molecule has 3 rings (SSSR count). The van der Waals surface area contributed by atoms with Crippen molar-refractivity contribution in [2.75, 3.05) is 0 Å². The highest BCUT2D eigenvalue weighted by Gasteiger charge is 2.28. The molecule has 1 aromatic heterocycles. The Labute approximate surface area is 111 Å². The Hall–Kier alpha value is -1.06. The molecular formula is C14H17ClN2O. The number of fused-ring (bicyclic) bond motifs is 1. The first-order valence-corrected chi connectivity index (χ1v) is 6.85. The van der Waals surface area contributed by atoms with Crippen LogP contribution in [-0.4, -0.2) is 11.0 Å². The second-order valence-corrected chi connectivity index (χ2v) is 5.61. The summed E-state index contributed by atoms with van der Waals surface area (Å²) in [5.74, 6) is 1.03. The van der Waals surface area contributed by atoms with E-state index in [0.29, 0.717) is 5.02 Å². The van der Waals surface area contributed by atoms with Gasteiger partial charge in [0.15, 0.2) is 11.5 Å². The third-order valence-electron chi connectivity index (χ3n) is 3.79. The van der Waals surface area contributed by atoms with Gasteiger partial charge in [-0.05, 0) is 37.5 Å². The van der Waals surface area contributed by atoms with Gasteiger partial charge in [-0.2, -0.15) is 0 Å². The van der Waals surface area contributed by atoms with Crippen LogP contribution in [0.15, 0.2) is 16.5 Å². The van der Waals surface area contributed by atoms with Gasteiger partial charge in [0.25, 0.3) is 0 Å². The van der Waals surface area contributed by atoms with Crippen LogP contribution in [0, 0.1) is 6.92 Å². The second-order valence-electron chi connectivity index (χ2n) is 5.18. The fourth-order valence-electron chi connectivity index (χ4n) is 2.80. The van der Waals surface area contributed by atoms with Crippen LogP contribution in [0.2, 0.25) is 5.02 Å². The lowest BCUT2D eigenvalue weighted by Gasteiger charge is -2.25. The summed E-state index contributed by atoms with van der Waals surface area (Å²) >= 11 is 6.04. The number of aryl methyl sites for hydroxylation is 1. The number of oxazole rings is 1. The average Bonchev–Trinajstić information content (AvgIpc) is 2.73. The first-order chi connectivity index (χ1) is 8.65. The van der Waals surface area contributed by atoms with Crippen LogP contribution in [-0.2, 0) is 0 Å². The third-order valence-corrected chi connectivity index (χ3v) is 4.01. The van der Waals surface area contributed by atoms with Gasteiger partial charge in [-0.25, -0.2) is 4.98 Å². The van der Waals surface area contributed by atoms with E-state index in [4.69, 9.17) is 21.8 Å². The van der Waals surface area contributed by atoms with E-state index >= 15 is 0 Å². The molecule has 1 aliphatic carbocycles. The Kier molecular flexibility index (Phi) is 3.04. The number of nitrogens with two attached hydrogens (primary N) is 1. The number of rotatable bonds is 1. The van der Waals surface area contributed by atoms with E-state index in [2.05, 4.69) is 4.98 Å². The molecule has 2 unspecified atom stereocenters. The van der Waals surface area contributed by atoms with Crippen molar-refractivity contribution < 1.29 is 4.42 Å². The summed E-state index contributed by atoms with van der Waals surface area (Å²) in [5, 5.41) is 0.702. The molecule has 2 aromatic rings. The summed E-state index contributed by atoms with van der Waals surface area (Å²) in [6.07, 6.45) is 4.55. The van der Waals surface area contributed by atoms with Crippen LogP contribution in [0.4, 0.5) is 0 Å². The largest absolute Gasteiger partial charge is 0.440 e. The number of benzene rings is 1. The lowest BCUT2D eigenvalue weighted by molar-refractivity contribution is 0.332. The Bertz CT molecular complexity index is 578. The Morgan fingerprint density at radius 1 is 1.33 bits per heavy atom. The topological polar surface area (TPSA) is 52.0 Å². The molecule has 0 spiro atoms. The van der Waals surface area contributed by atoms with Crippen LogP contribution in [0.25, 0.3) is 11.1 Å². The van der Waals surface area contributed by atoms with Crippen molar-refractivity contribution in [3.63, 3.8) is 0 Å². The molecule has 1 aliphatic rings. The van der Waals surface area contributed by atoms with Crippen LogP contribution in [0.5, 0.6) is 0 Å². The van der Waals surface area contributed by atoms with Gasteiger partial charge in [0.2, 0.25) is 0 Å². The molecule has 1 saturated carbocycles. The van der Waals surface area contributed by atoms with Gasteiger partial charge in [-0.15, -0.1) is 0 Å². The SMILES string of the molecule is Cc1cc(Cl)cc2nc(C3CCCCC3N)oc12. The smallest absolute Gasteiger partial charge is 0.200 e. The molecular weight excluding hydrogens is 248 g/mol. The minimum absolute atomic E-state index is 0.169. The zero-order valence-corrected chi connectivity index (χ0v) is 11.2. The summed E-state index contributed by atoms with van der Waals surface area (Å²) in [6.45, 7) is 1.99. The van der Waals surface area contributed by atoms with Crippen molar-refractivity contribution in [2.24, 2.45) is 5.73 Å². The molecule has 0 saturated heterocycles. The number of hydrogen-bond acceptors (Lipinski definition) is 3. The van der Waals surface area contributed by atoms with Crippen LogP contribution >= 0.6 is 11.6 Å². The van der Waals surface area contributed by atoms with E-state index in [0.717, 1.165) is 35.4 Å². The molecule has 0 amide bonds. The first-order valence-electron chi connectivity index (χ1n) is 6.47. The molecule has 3 nitrogen and oxygen atoms in total. The quantitative estimate of drug-likeness (QED) is 0.853. The second kappa shape index (κ2) is 4.56. The summed E-state index contributed by atoms with van der Waals surface area (Å²) in [6, 6.07) is 3.92. The summed E-state index contributed by atoms with van der Waals surface area (Å²) in [5.41, 5.74) is 8.88. The van der Waals surface area contributed by atoms with Gasteiger partial charge < -0.3 is 10.2 Å². The lowest BCUT2D eigenvalue weighted by atomic mass is 9.85. The summed E-state index contributed by atoms with van der Waals surface area (Å²) in [7, 11) is 0. The van der Waals surface area contributed by atoms with Gasteiger partial charge in [0, 0.05) is 11.1 Å². The van der Waals surface area contributed by atoms with E-state index in [9.17, 15) is 0 Å². The molecule has 1 fully saturated rings. The minimum Gasteiger partial charge on any atom is -0.440 e. The number of halogens is 1. The Balaban J connectivity index is 2.05. The predicted molar refractivity (Wildman–Crippen MR) is 72.9 cm³/mol. The van der Waals surface area contributed by atoms with Crippen LogP contribution < -0.4 is 5.73 Å². The van der Waals surface area contributed by atoms with Crippen molar-refractivity contribution >= 4 is 22.7 Å². The van der Waals surface area contributed by atoms with Crippen LogP contribution in [0.1, 0.15) is 43.1 Å². The van der Waals surface area contributed by atoms with Gasteiger partial charge in [0.1, 0.15) is 5.52 Å². The average molecular weight is 265 g/mol. The van der Waals surface area contributed by atoms with Crippen molar-refractivity contribution in [1.29, 1.82) is 0 Å². The van der Waals surface area contributed by atoms with E-state index < -0.39 is 0 Å². The number of hydrogen-bond donors (Lipinski definition) is 1. The molecule has 0 radical (unpaired) electrons. The fraction of sp³-hybridized carbons (Fsp3) is 0.500. The zero-order chi connectivity index (χ0) is 12.7. The molecule has 4 heteroatoms. The standard InChI is InChI=1S/C14H17ClN2O/c1-8-6-9(15)7-12-13(8)18-14(17-12)10-4-2-3-5-11(10)16/h6-7,10-11H,2-5,16H2,1H3. The monoisotopic (exact) mass is 264 g/mol. The zero-order valence-electron chi connectivity index (χ0n) is 10.4. The predicted octanol–water partition coefficient (Wildman–Crippen LogP) is 3.77. The van der Waals surface area contributed by atoms with Gasteiger partial charge in [0.05, 0.1) is 5.92 Å². The number of nitrogens with zero attached hydrogens (tertiary/aromatic N) is 1. The molecule has 2 atom stereocenters. The van der Waals surface area contributed by atoms with Crippen molar-refractivity contribution in [1.82, 2.24) is 4.98 Å². The molecule has 1 heterocycles. The molecule has 0 bridgehead atoms. The maximum Gasteiger partial charge on any atom is 0.200 e. The van der Waals surface area contributed by atoms with Gasteiger partial charge >= 0.3 is 0 Å². The molecule has 18 heavy (non-hydrogen) atoms. The molecule has 0 aliphatic heterocycles.